The highest BCUT2D eigenvalue weighted by molar-refractivity contribution is 6.42. The molecule has 5 aromatic rings. The first kappa shape index (κ1) is 22.5. The average Bonchev–Trinajstić information content (AvgIpc) is 3.49. The first-order chi connectivity index (χ1) is 16.9. The average molecular weight is 507 g/mol. The Labute approximate surface area is 208 Å². The fourth-order valence-electron chi connectivity index (χ4n) is 3.49. The zero-order valence-electron chi connectivity index (χ0n) is 18.1. The number of amides is 1. The van der Waals surface area contributed by atoms with E-state index in [9.17, 15) is 4.79 Å². The van der Waals surface area contributed by atoms with Gasteiger partial charge in [0.25, 0.3) is 5.91 Å². The first-order valence-electron chi connectivity index (χ1n) is 10.3. The van der Waals surface area contributed by atoms with E-state index >= 15 is 0 Å². The highest BCUT2D eigenvalue weighted by Gasteiger charge is 2.25. The second-order valence-electron chi connectivity index (χ2n) is 7.50. The molecule has 0 saturated heterocycles. The van der Waals surface area contributed by atoms with Crippen LogP contribution in [0.15, 0.2) is 70.4 Å². The molecule has 10 nitrogen and oxygen atoms in total. The van der Waals surface area contributed by atoms with Crippen LogP contribution in [0.5, 0.6) is 0 Å². The highest BCUT2D eigenvalue weighted by Crippen LogP contribution is 2.31. The van der Waals surface area contributed by atoms with E-state index < -0.39 is 5.91 Å². The maximum absolute atomic E-state index is 13.1. The van der Waals surface area contributed by atoms with Crippen LogP contribution in [-0.2, 0) is 0 Å². The lowest BCUT2D eigenvalue weighted by Crippen LogP contribution is -2.21. The third kappa shape index (κ3) is 4.32. The zero-order valence-corrected chi connectivity index (χ0v) is 19.6. The number of hydrogen-bond donors (Lipinski definition) is 2. The Kier molecular flexibility index (Phi) is 5.89. The van der Waals surface area contributed by atoms with Gasteiger partial charge in [0, 0.05) is 5.56 Å². The minimum Gasteiger partial charge on any atom is -0.378 e. The minimum atomic E-state index is -0.604. The molecule has 12 heteroatoms. The summed E-state index contributed by atoms with van der Waals surface area (Å²) in [5.74, 6) is -0.575. The van der Waals surface area contributed by atoms with Gasteiger partial charge in [0.2, 0.25) is 11.6 Å². The largest absolute Gasteiger partial charge is 0.378 e. The molecule has 0 aliphatic heterocycles. The zero-order chi connectivity index (χ0) is 24.5. The summed E-state index contributed by atoms with van der Waals surface area (Å²) in [6.07, 6.45) is 0. The number of aromatic nitrogens is 5. The molecule has 0 aliphatic carbocycles. The van der Waals surface area contributed by atoms with Crippen molar-refractivity contribution in [3.8, 4) is 17.1 Å². The number of carbonyl (C=O) groups is 1. The molecule has 0 unspecified atom stereocenters. The van der Waals surface area contributed by atoms with E-state index in [-0.39, 0.29) is 28.0 Å². The third-order valence-electron chi connectivity index (χ3n) is 5.27. The molecule has 5 rings (SSSR count). The number of hydrogen-bond acceptors (Lipinski definition) is 8. The van der Waals surface area contributed by atoms with E-state index in [0.29, 0.717) is 16.3 Å². The second kappa shape index (κ2) is 9.16. The standard InChI is InChI=1S/C23H16Cl2N8O2/c1-12(14-7-6-13-4-2-3-5-15(13)10-14)27-29-23(34)19-20(16-8-9-17(24)18(25)11-16)33(32-28-19)22-21(26)30-35-31-22/h2-11H,1H3,(H2,26,30)(H,29,34)/b27-12+. The Morgan fingerprint density at radius 3 is 2.57 bits per heavy atom. The van der Waals surface area contributed by atoms with Gasteiger partial charge < -0.3 is 5.73 Å². The topological polar surface area (TPSA) is 137 Å². The molecule has 1 amide bonds. The van der Waals surface area contributed by atoms with Crippen LogP contribution in [0.25, 0.3) is 27.8 Å². The van der Waals surface area contributed by atoms with E-state index in [1.807, 2.05) is 42.5 Å². The molecule has 35 heavy (non-hydrogen) atoms. The van der Waals surface area contributed by atoms with E-state index in [1.54, 1.807) is 25.1 Å². The highest BCUT2D eigenvalue weighted by atomic mass is 35.5. The SMILES string of the molecule is C/C(=N\NC(=O)c1nnn(-c2nonc2N)c1-c1ccc(Cl)c(Cl)c1)c1ccc2ccccc2c1. The smallest absolute Gasteiger partial charge is 0.294 e. The van der Waals surface area contributed by atoms with Crippen LogP contribution in [0.3, 0.4) is 0 Å². The van der Waals surface area contributed by atoms with Crippen LogP contribution in [-0.4, -0.2) is 36.9 Å². The van der Waals surface area contributed by atoms with Crippen LogP contribution in [0.1, 0.15) is 23.0 Å². The molecule has 0 spiro atoms. The van der Waals surface area contributed by atoms with E-state index in [1.165, 1.54) is 4.68 Å². The summed E-state index contributed by atoms with van der Waals surface area (Å²) >= 11 is 12.3. The number of nitrogens with two attached hydrogens (primary N) is 1. The normalized spacial score (nSPS) is 11.7. The summed E-state index contributed by atoms with van der Waals surface area (Å²) in [4.78, 5) is 13.1. The number of nitrogens with one attached hydrogen (secondary N) is 1. The maximum atomic E-state index is 13.1. The van der Waals surface area contributed by atoms with Gasteiger partial charge in [0.15, 0.2) is 5.69 Å². The number of nitrogens with zero attached hydrogens (tertiary/aromatic N) is 6. The number of benzene rings is 3. The number of rotatable bonds is 5. The molecule has 0 fully saturated rings. The van der Waals surface area contributed by atoms with Gasteiger partial charge >= 0.3 is 0 Å². The Hall–Kier alpha value is -4.28. The lowest BCUT2D eigenvalue weighted by molar-refractivity contribution is 0.0950. The van der Waals surface area contributed by atoms with Gasteiger partial charge in [-0.15, -0.1) is 5.10 Å². The van der Waals surface area contributed by atoms with E-state index in [4.69, 9.17) is 28.9 Å². The van der Waals surface area contributed by atoms with Crippen molar-refractivity contribution in [1.29, 1.82) is 0 Å². The van der Waals surface area contributed by atoms with Crippen molar-refractivity contribution in [2.45, 2.75) is 6.92 Å². The number of fused-ring (bicyclic) bond motifs is 1. The lowest BCUT2D eigenvalue weighted by atomic mass is 10.0. The molecule has 174 valence electrons. The number of nitrogen functional groups attached to an aromatic ring is 1. The van der Waals surface area contributed by atoms with Crippen molar-refractivity contribution in [2.75, 3.05) is 5.73 Å². The minimum absolute atomic E-state index is 0.0339. The van der Waals surface area contributed by atoms with Crippen molar-refractivity contribution in [3.05, 3.63) is 82.0 Å². The number of hydrazone groups is 1. The number of carbonyl (C=O) groups excluding carboxylic acids is 1. The van der Waals surface area contributed by atoms with Crippen molar-refractivity contribution < 1.29 is 9.42 Å². The van der Waals surface area contributed by atoms with Crippen LogP contribution in [0.2, 0.25) is 10.0 Å². The molecule has 3 N–H and O–H groups in total. The van der Waals surface area contributed by atoms with Gasteiger partial charge in [-0.05, 0) is 51.8 Å². The predicted octanol–water partition coefficient (Wildman–Crippen LogP) is 4.51. The number of anilines is 1. The first-order valence-corrected chi connectivity index (χ1v) is 11.0. The quantitative estimate of drug-likeness (QED) is 0.264. The monoisotopic (exact) mass is 506 g/mol. The summed E-state index contributed by atoms with van der Waals surface area (Å²) in [7, 11) is 0. The number of halogens is 2. The lowest BCUT2D eigenvalue weighted by Gasteiger charge is -2.08. The fourth-order valence-corrected chi connectivity index (χ4v) is 3.79. The molecule has 2 heterocycles. The Morgan fingerprint density at radius 1 is 1.03 bits per heavy atom. The van der Waals surface area contributed by atoms with Crippen LogP contribution >= 0.6 is 23.2 Å². The van der Waals surface area contributed by atoms with Crippen molar-refractivity contribution in [2.24, 2.45) is 5.10 Å². The van der Waals surface area contributed by atoms with Crippen LogP contribution in [0.4, 0.5) is 5.82 Å². The fraction of sp³-hybridized carbons (Fsp3) is 0.0435. The van der Waals surface area contributed by atoms with Gasteiger partial charge in [0.05, 0.1) is 15.8 Å². The van der Waals surface area contributed by atoms with Crippen molar-refractivity contribution in [1.82, 2.24) is 30.7 Å². The Balaban J connectivity index is 1.51. The molecule has 2 aromatic heterocycles. The summed E-state index contributed by atoms with van der Waals surface area (Å²) in [6, 6.07) is 18.7. The summed E-state index contributed by atoms with van der Waals surface area (Å²) in [6.45, 7) is 1.79. The van der Waals surface area contributed by atoms with Gasteiger partial charge in [-0.2, -0.15) is 9.78 Å². The molecular weight excluding hydrogens is 491 g/mol. The molecule has 3 aromatic carbocycles. The molecule has 0 atom stereocenters. The van der Waals surface area contributed by atoms with Crippen molar-refractivity contribution in [3.63, 3.8) is 0 Å². The maximum Gasteiger partial charge on any atom is 0.294 e. The molecule has 0 bridgehead atoms. The molecule has 0 saturated carbocycles. The Bertz CT molecular complexity index is 1610. The van der Waals surface area contributed by atoms with E-state index in [2.05, 4.69) is 35.8 Å². The molecule has 0 radical (unpaired) electrons. The predicted molar refractivity (Wildman–Crippen MR) is 133 cm³/mol. The van der Waals surface area contributed by atoms with E-state index in [0.717, 1.165) is 16.3 Å². The van der Waals surface area contributed by atoms with Gasteiger partial charge in [-0.25, -0.2) is 10.1 Å². The summed E-state index contributed by atoms with van der Waals surface area (Å²) in [5, 5.41) is 22.4. The summed E-state index contributed by atoms with van der Waals surface area (Å²) in [5.41, 5.74) is 10.5. The third-order valence-corrected chi connectivity index (χ3v) is 6.01. The Morgan fingerprint density at radius 2 is 1.83 bits per heavy atom. The van der Waals surface area contributed by atoms with Crippen LogP contribution in [0, 0.1) is 0 Å². The summed E-state index contributed by atoms with van der Waals surface area (Å²) < 4.78 is 5.91. The second-order valence-corrected chi connectivity index (χ2v) is 8.31. The van der Waals surface area contributed by atoms with Gasteiger partial charge in [0.1, 0.15) is 5.69 Å². The van der Waals surface area contributed by atoms with Crippen molar-refractivity contribution >= 4 is 51.4 Å². The van der Waals surface area contributed by atoms with Gasteiger partial charge in [-0.1, -0.05) is 70.9 Å². The molecular formula is C23H16Cl2N8O2. The van der Waals surface area contributed by atoms with Crippen LogP contribution < -0.4 is 11.2 Å². The van der Waals surface area contributed by atoms with Gasteiger partial charge in [-0.3, -0.25) is 4.79 Å². The molecule has 0 aliphatic rings.